The average molecular weight is 350 g/mol. The van der Waals surface area contributed by atoms with Gasteiger partial charge in [0.15, 0.2) is 0 Å². The van der Waals surface area contributed by atoms with Gasteiger partial charge in [-0.3, -0.25) is 4.90 Å². The Kier molecular flexibility index (Phi) is 5.83. The molecule has 0 aliphatic carbocycles. The van der Waals surface area contributed by atoms with Crippen LogP contribution in [0.5, 0.6) is 5.75 Å². The predicted molar refractivity (Wildman–Crippen MR) is 111 cm³/mol. The fraction of sp³-hybridized carbons (Fsp3) is 0.417. The highest BCUT2D eigenvalue weighted by Gasteiger charge is 2.12. The molecule has 26 heavy (non-hydrogen) atoms. The average Bonchev–Trinajstić information content (AvgIpc) is 2.61. The molecule has 2 heteroatoms. The van der Waals surface area contributed by atoms with Crippen LogP contribution in [0.15, 0.2) is 48.5 Å². The van der Waals surface area contributed by atoms with Crippen molar-refractivity contribution in [2.45, 2.75) is 45.6 Å². The molecule has 0 spiro atoms. The van der Waals surface area contributed by atoms with Crippen LogP contribution in [0.25, 0.3) is 6.08 Å². The van der Waals surface area contributed by atoms with Gasteiger partial charge in [0.2, 0.25) is 0 Å². The first-order chi connectivity index (χ1) is 12.4. The maximum absolute atomic E-state index is 5.79. The molecule has 138 valence electrons. The van der Waals surface area contributed by atoms with Gasteiger partial charge in [-0.15, -0.1) is 0 Å². The second-order valence-corrected chi connectivity index (χ2v) is 8.37. The fourth-order valence-electron chi connectivity index (χ4n) is 3.32. The van der Waals surface area contributed by atoms with Crippen LogP contribution in [0.2, 0.25) is 0 Å². The van der Waals surface area contributed by atoms with Crippen molar-refractivity contribution in [3.05, 3.63) is 70.8 Å². The Labute approximate surface area is 158 Å². The molecule has 0 saturated heterocycles. The third-order valence-electron chi connectivity index (χ3n) is 4.94. The van der Waals surface area contributed by atoms with E-state index in [0.29, 0.717) is 0 Å². The van der Waals surface area contributed by atoms with Crippen LogP contribution in [0, 0.1) is 0 Å². The molecule has 2 nitrogen and oxygen atoms in total. The molecule has 0 bridgehead atoms. The number of rotatable bonds is 5. The van der Waals surface area contributed by atoms with Crippen molar-refractivity contribution in [1.82, 2.24) is 4.90 Å². The highest BCUT2D eigenvalue weighted by Crippen LogP contribution is 2.26. The van der Waals surface area contributed by atoms with Crippen molar-refractivity contribution in [3.63, 3.8) is 0 Å². The summed E-state index contributed by atoms with van der Waals surface area (Å²) in [4.78, 5) is 2.32. The molecule has 1 heterocycles. The van der Waals surface area contributed by atoms with E-state index in [9.17, 15) is 0 Å². The summed E-state index contributed by atoms with van der Waals surface area (Å²) in [5.41, 5.74) is 5.51. The molecule has 0 unspecified atom stereocenters. The van der Waals surface area contributed by atoms with Gasteiger partial charge in [-0.05, 0) is 53.6 Å². The predicted octanol–water partition coefficient (Wildman–Crippen LogP) is 5.45. The van der Waals surface area contributed by atoms with E-state index < -0.39 is 0 Å². The monoisotopic (exact) mass is 349 g/mol. The van der Waals surface area contributed by atoms with E-state index in [1.807, 2.05) is 0 Å². The normalized spacial score (nSPS) is 14.5. The molecule has 1 aliphatic heterocycles. The van der Waals surface area contributed by atoms with Crippen molar-refractivity contribution < 1.29 is 4.74 Å². The van der Waals surface area contributed by atoms with Gasteiger partial charge < -0.3 is 4.74 Å². The van der Waals surface area contributed by atoms with Crippen LogP contribution < -0.4 is 4.74 Å². The minimum atomic E-state index is 0.209. The fourth-order valence-corrected chi connectivity index (χ4v) is 3.32. The summed E-state index contributed by atoms with van der Waals surface area (Å²) in [6.07, 6.45) is 6.72. The third kappa shape index (κ3) is 4.98. The lowest BCUT2D eigenvalue weighted by molar-refractivity contribution is 0.287. The van der Waals surface area contributed by atoms with E-state index in [1.165, 1.54) is 22.3 Å². The molecule has 0 N–H and O–H groups in total. The Balaban J connectivity index is 1.53. The Morgan fingerprint density at radius 2 is 1.85 bits per heavy atom. The molecule has 0 radical (unpaired) electrons. The molecule has 2 aromatic carbocycles. The summed E-state index contributed by atoms with van der Waals surface area (Å²) in [5, 5.41) is 0. The van der Waals surface area contributed by atoms with Crippen molar-refractivity contribution in [2.24, 2.45) is 0 Å². The van der Waals surface area contributed by atoms with Gasteiger partial charge in [-0.25, -0.2) is 0 Å². The third-order valence-corrected chi connectivity index (χ3v) is 4.94. The first-order valence-electron chi connectivity index (χ1n) is 9.62. The summed E-state index contributed by atoms with van der Waals surface area (Å²) in [6, 6.07) is 15.5. The van der Waals surface area contributed by atoms with E-state index in [0.717, 1.165) is 38.3 Å². The van der Waals surface area contributed by atoms with E-state index in [2.05, 4.69) is 87.3 Å². The highest BCUT2D eigenvalue weighted by atomic mass is 16.5. The van der Waals surface area contributed by atoms with Crippen molar-refractivity contribution >= 4 is 6.08 Å². The van der Waals surface area contributed by atoms with Crippen molar-refractivity contribution in [1.29, 1.82) is 0 Å². The summed E-state index contributed by atoms with van der Waals surface area (Å²) in [7, 11) is 2.16. The van der Waals surface area contributed by atoms with Crippen LogP contribution in [-0.2, 0) is 18.4 Å². The van der Waals surface area contributed by atoms with Crippen LogP contribution >= 0.6 is 0 Å². The molecule has 0 saturated carbocycles. The highest BCUT2D eigenvalue weighted by molar-refractivity contribution is 5.50. The SMILES string of the molecule is CN(C/C=C/c1ccc(C(C)(C)C)cc1)Cc1ccc2c(c1)OCCC2. The van der Waals surface area contributed by atoms with Gasteiger partial charge in [-0.2, -0.15) is 0 Å². The van der Waals surface area contributed by atoms with Gasteiger partial charge >= 0.3 is 0 Å². The molecule has 0 amide bonds. The zero-order valence-corrected chi connectivity index (χ0v) is 16.6. The topological polar surface area (TPSA) is 12.5 Å². The second kappa shape index (κ2) is 8.09. The van der Waals surface area contributed by atoms with Crippen LogP contribution in [0.3, 0.4) is 0 Å². The number of aryl methyl sites for hydroxylation is 1. The van der Waals surface area contributed by atoms with Gasteiger partial charge in [0.25, 0.3) is 0 Å². The Bertz CT molecular complexity index is 753. The van der Waals surface area contributed by atoms with E-state index in [1.54, 1.807) is 0 Å². The molecule has 2 aromatic rings. The minimum absolute atomic E-state index is 0.209. The largest absolute Gasteiger partial charge is 0.493 e. The van der Waals surface area contributed by atoms with Gasteiger partial charge in [0.05, 0.1) is 6.61 Å². The maximum atomic E-state index is 5.79. The lowest BCUT2D eigenvalue weighted by atomic mass is 9.87. The maximum Gasteiger partial charge on any atom is 0.122 e. The molecule has 3 rings (SSSR count). The molecule has 1 aliphatic rings. The lowest BCUT2D eigenvalue weighted by Crippen LogP contribution is -2.18. The Morgan fingerprint density at radius 1 is 1.08 bits per heavy atom. The van der Waals surface area contributed by atoms with Crippen LogP contribution in [-0.4, -0.2) is 25.1 Å². The number of benzene rings is 2. The summed E-state index contributed by atoms with van der Waals surface area (Å²) >= 11 is 0. The van der Waals surface area contributed by atoms with E-state index in [4.69, 9.17) is 4.74 Å². The first-order valence-corrected chi connectivity index (χ1v) is 9.62. The molecular formula is C24H31NO. The lowest BCUT2D eigenvalue weighted by Gasteiger charge is -2.20. The van der Waals surface area contributed by atoms with Crippen molar-refractivity contribution in [3.8, 4) is 5.75 Å². The number of fused-ring (bicyclic) bond motifs is 1. The van der Waals surface area contributed by atoms with E-state index >= 15 is 0 Å². The standard InChI is InChI=1S/C24H31NO/c1-24(2,3)22-13-10-19(11-14-22)7-5-15-25(4)18-20-9-12-21-8-6-16-26-23(21)17-20/h5,7,9-14,17H,6,8,15-16,18H2,1-4H3/b7-5+. The number of hydrogen-bond donors (Lipinski definition) is 0. The zero-order chi connectivity index (χ0) is 18.6. The number of likely N-dealkylation sites (N-methyl/N-ethyl adjacent to an activating group) is 1. The quantitative estimate of drug-likeness (QED) is 0.711. The Hall–Kier alpha value is -2.06. The molecule has 0 fully saturated rings. The molecule has 0 aromatic heterocycles. The van der Waals surface area contributed by atoms with E-state index in [-0.39, 0.29) is 5.41 Å². The summed E-state index contributed by atoms with van der Waals surface area (Å²) in [6.45, 7) is 9.46. The zero-order valence-electron chi connectivity index (χ0n) is 16.6. The first kappa shape index (κ1) is 18.7. The number of ether oxygens (including phenoxy) is 1. The molecule has 0 atom stereocenters. The van der Waals surface area contributed by atoms with Gasteiger partial charge in [0, 0.05) is 13.1 Å². The summed E-state index contributed by atoms with van der Waals surface area (Å²) in [5.74, 6) is 1.08. The number of nitrogens with zero attached hydrogens (tertiary/aromatic N) is 1. The van der Waals surface area contributed by atoms with Crippen LogP contribution in [0.1, 0.15) is 49.4 Å². The molecular weight excluding hydrogens is 318 g/mol. The van der Waals surface area contributed by atoms with Crippen molar-refractivity contribution in [2.75, 3.05) is 20.2 Å². The van der Waals surface area contributed by atoms with Gasteiger partial charge in [-0.1, -0.05) is 69.3 Å². The van der Waals surface area contributed by atoms with Crippen LogP contribution in [0.4, 0.5) is 0 Å². The number of hydrogen-bond acceptors (Lipinski definition) is 2. The smallest absolute Gasteiger partial charge is 0.122 e. The minimum Gasteiger partial charge on any atom is -0.493 e. The Morgan fingerprint density at radius 3 is 2.58 bits per heavy atom. The van der Waals surface area contributed by atoms with Gasteiger partial charge in [0.1, 0.15) is 5.75 Å². The second-order valence-electron chi connectivity index (χ2n) is 8.37. The summed E-state index contributed by atoms with van der Waals surface area (Å²) < 4.78 is 5.79.